The van der Waals surface area contributed by atoms with Crippen LogP contribution in [0.4, 0.5) is 0 Å². The summed E-state index contributed by atoms with van der Waals surface area (Å²) in [5.41, 5.74) is 0. The third-order valence-electron chi connectivity index (χ3n) is 6.09. The van der Waals surface area contributed by atoms with Gasteiger partial charge in [-0.05, 0) is 55.3 Å². The van der Waals surface area contributed by atoms with Crippen molar-refractivity contribution in [3.8, 4) is 0 Å². The average Bonchev–Trinajstić information content (AvgIpc) is 3.23. The van der Waals surface area contributed by atoms with Gasteiger partial charge in [0.05, 0.1) is 31.3 Å². The molecule has 9 heteroatoms. The van der Waals surface area contributed by atoms with Gasteiger partial charge in [-0.3, -0.25) is 0 Å². The number of nitrogens with one attached hydrogen (secondary N) is 1. The molecule has 0 amide bonds. The number of hydrogen-bond acceptors (Lipinski definition) is 6. The van der Waals surface area contributed by atoms with Crippen LogP contribution in [0.2, 0.25) is 0 Å². The highest BCUT2D eigenvalue weighted by Crippen LogP contribution is 2.57. The molecule has 138 valence electrons. The Labute approximate surface area is 143 Å². The molecule has 0 aromatic carbocycles. The first kappa shape index (κ1) is 17.2. The minimum absolute atomic E-state index is 0.0119. The lowest BCUT2D eigenvalue weighted by atomic mass is 9.51. The molecular weight excluding hydrogens is 354 g/mol. The van der Waals surface area contributed by atoms with Crippen molar-refractivity contribution >= 4 is 20.0 Å². The van der Waals surface area contributed by atoms with Gasteiger partial charge in [-0.2, -0.15) is 0 Å². The van der Waals surface area contributed by atoms with Crippen molar-refractivity contribution in [2.24, 2.45) is 29.6 Å². The zero-order valence-electron chi connectivity index (χ0n) is 13.8. The predicted octanol–water partition coefficient (Wildman–Crippen LogP) is 0.332. The summed E-state index contributed by atoms with van der Waals surface area (Å²) in [6.07, 6.45) is 5.44. The number of hydrogen-bond donors (Lipinski definition) is 1. The van der Waals surface area contributed by atoms with Crippen molar-refractivity contribution in [1.82, 2.24) is 4.13 Å². The highest BCUT2D eigenvalue weighted by atomic mass is 32.3. The maximum atomic E-state index is 12.3. The first-order valence-corrected chi connectivity index (χ1v) is 12.2. The summed E-state index contributed by atoms with van der Waals surface area (Å²) in [5.74, 6) is 1.67. The molecule has 1 saturated heterocycles. The van der Waals surface area contributed by atoms with Crippen molar-refractivity contribution in [3.63, 3.8) is 0 Å². The number of sulfonamides is 2. The molecule has 7 unspecified atom stereocenters. The van der Waals surface area contributed by atoms with Gasteiger partial charge in [-0.25, -0.2) is 16.8 Å². The minimum atomic E-state index is -3.84. The van der Waals surface area contributed by atoms with Crippen LogP contribution in [0.1, 0.15) is 25.7 Å². The molecule has 7 atom stereocenters. The van der Waals surface area contributed by atoms with E-state index in [4.69, 9.17) is 9.47 Å². The first-order valence-electron chi connectivity index (χ1n) is 8.64. The normalized spacial score (nSPS) is 44.0. The summed E-state index contributed by atoms with van der Waals surface area (Å²) < 4.78 is 60.3. The molecule has 4 bridgehead atoms. The first-order chi connectivity index (χ1) is 11.2. The van der Waals surface area contributed by atoms with Gasteiger partial charge >= 0.3 is 0 Å². The van der Waals surface area contributed by atoms with Crippen LogP contribution in [-0.4, -0.2) is 54.3 Å². The van der Waals surface area contributed by atoms with Gasteiger partial charge < -0.3 is 9.47 Å². The van der Waals surface area contributed by atoms with E-state index in [0.717, 1.165) is 32.1 Å². The second-order valence-corrected chi connectivity index (χ2v) is 11.8. The van der Waals surface area contributed by atoms with E-state index in [1.54, 1.807) is 0 Å². The molecule has 0 radical (unpaired) electrons. The Morgan fingerprint density at radius 3 is 2.46 bits per heavy atom. The van der Waals surface area contributed by atoms with Gasteiger partial charge in [-0.1, -0.05) is 0 Å². The van der Waals surface area contributed by atoms with E-state index in [9.17, 15) is 16.8 Å². The molecule has 0 spiro atoms. The maximum absolute atomic E-state index is 12.3. The molecule has 5 fully saturated rings. The minimum Gasteiger partial charge on any atom is -0.375 e. The van der Waals surface area contributed by atoms with Gasteiger partial charge in [0, 0.05) is 0 Å². The van der Waals surface area contributed by atoms with Crippen molar-refractivity contribution < 1.29 is 26.3 Å². The lowest BCUT2D eigenvalue weighted by Gasteiger charge is -2.58. The van der Waals surface area contributed by atoms with E-state index in [0.29, 0.717) is 24.4 Å². The summed E-state index contributed by atoms with van der Waals surface area (Å²) in [6.45, 7) is 1.34. The second-order valence-electron chi connectivity index (χ2n) is 8.05. The van der Waals surface area contributed by atoms with Gasteiger partial charge in [-0.15, -0.1) is 4.13 Å². The van der Waals surface area contributed by atoms with Crippen molar-refractivity contribution in [2.75, 3.05) is 25.2 Å². The van der Waals surface area contributed by atoms with Crippen molar-refractivity contribution in [2.45, 2.75) is 37.9 Å². The Hall–Kier alpha value is -0.220. The number of rotatable bonds is 7. The molecule has 0 aromatic heterocycles. The van der Waals surface area contributed by atoms with Crippen LogP contribution in [-0.2, 0) is 29.5 Å². The van der Waals surface area contributed by atoms with Crippen molar-refractivity contribution in [1.29, 1.82) is 0 Å². The average molecular weight is 380 g/mol. The molecule has 1 heterocycles. The van der Waals surface area contributed by atoms with Gasteiger partial charge in [0.15, 0.2) is 0 Å². The molecule has 5 rings (SSSR count). The third kappa shape index (κ3) is 3.65. The lowest BCUT2D eigenvalue weighted by Crippen LogP contribution is -2.56. The Morgan fingerprint density at radius 2 is 1.79 bits per heavy atom. The fourth-order valence-electron chi connectivity index (χ4n) is 5.40. The van der Waals surface area contributed by atoms with E-state index in [1.807, 2.05) is 4.13 Å². The Morgan fingerprint density at radius 1 is 1.08 bits per heavy atom. The quantitative estimate of drug-likeness (QED) is 0.640. The molecule has 4 saturated carbocycles. The monoisotopic (exact) mass is 379 g/mol. The maximum Gasteiger partial charge on any atom is 0.224 e. The zero-order valence-corrected chi connectivity index (χ0v) is 15.4. The summed E-state index contributed by atoms with van der Waals surface area (Å²) in [5, 5.41) is 0. The largest absolute Gasteiger partial charge is 0.375 e. The zero-order chi connectivity index (χ0) is 17.1. The standard InChI is InChI=1S/C15H25NO6S2/c1-23(17,18)16-24(19,20)8-14-10-2-9-3-11(5-10)15(13(14)4-9)22-7-12-6-21-12/h9-16H,2-8H2,1H3. The van der Waals surface area contributed by atoms with E-state index in [-0.39, 0.29) is 29.8 Å². The molecule has 4 aliphatic carbocycles. The Kier molecular flexibility index (Phi) is 4.23. The van der Waals surface area contributed by atoms with E-state index >= 15 is 0 Å². The molecule has 5 aliphatic rings. The molecule has 0 aromatic rings. The van der Waals surface area contributed by atoms with Gasteiger partial charge in [0.1, 0.15) is 6.10 Å². The fourth-order valence-corrected chi connectivity index (χ4v) is 8.54. The van der Waals surface area contributed by atoms with E-state index in [2.05, 4.69) is 0 Å². The van der Waals surface area contributed by atoms with Crippen LogP contribution < -0.4 is 4.13 Å². The smallest absolute Gasteiger partial charge is 0.224 e. The fraction of sp³-hybridized carbons (Fsp3) is 1.00. The summed E-state index contributed by atoms with van der Waals surface area (Å²) in [6, 6.07) is 0. The topological polar surface area (TPSA) is 102 Å². The summed E-state index contributed by atoms with van der Waals surface area (Å²) >= 11 is 0. The number of epoxide rings is 1. The van der Waals surface area contributed by atoms with Crippen LogP contribution in [0.5, 0.6) is 0 Å². The lowest BCUT2D eigenvalue weighted by molar-refractivity contribution is -0.152. The van der Waals surface area contributed by atoms with Crippen LogP contribution in [0.15, 0.2) is 0 Å². The number of ether oxygens (including phenoxy) is 2. The van der Waals surface area contributed by atoms with Crippen LogP contribution >= 0.6 is 0 Å². The predicted molar refractivity (Wildman–Crippen MR) is 87.2 cm³/mol. The highest BCUT2D eigenvalue weighted by molar-refractivity contribution is 8.04. The third-order valence-corrected chi connectivity index (χ3v) is 9.14. The second kappa shape index (κ2) is 5.90. The van der Waals surface area contributed by atoms with Gasteiger partial charge in [0.25, 0.3) is 0 Å². The van der Waals surface area contributed by atoms with E-state index < -0.39 is 20.0 Å². The van der Waals surface area contributed by atoms with E-state index in [1.165, 1.54) is 6.42 Å². The van der Waals surface area contributed by atoms with Crippen LogP contribution in [0.3, 0.4) is 0 Å². The molecule has 1 aliphatic heterocycles. The Balaban J connectivity index is 1.49. The van der Waals surface area contributed by atoms with Crippen LogP contribution in [0, 0.1) is 29.6 Å². The summed E-state index contributed by atoms with van der Waals surface area (Å²) in [7, 11) is -7.61. The Bertz CT molecular complexity index is 701. The summed E-state index contributed by atoms with van der Waals surface area (Å²) in [4.78, 5) is 0. The molecule has 24 heavy (non-hydrogen) atoms. The van der Waals surface area contributed by atoms with Gasteiger partial charge in [0.2, 0.25) is 20.0 Å². The molecular formula is C15H25NO6S2. The molecule has 7 nitrogen and oxygen atoms in total. The van der Waals surface area contributed by atoms with Crippen LogP contribution in [0.25, 0.3) is 0 Å². The molecule has 1 N–H and O–H groups in total. The SMILES string of the molecule is CS(=O)(=O)NS(=O)(=O)CC1C2CC3CC(C2)C(OCC2CO2)C1C3. The van der Waals surface area contributed by atoms with Crippen molar-refractivity contribution in [3.05, 3.63) is 0 Å². The highest BCUT2D eigenvalue weighted by Gasteiger charge is 2.55.